The van der Waals surface area contributed by atoms with Crippen molar-refractivity contribution >= 4 is 22.9 Å². The molecule has 3 rings (SSSR count). The molecule has 112 valence electrons. The van der Waals surface area contributed by atoms with Crippen LogP contribution in [0.4, 0.5) is 15.8 Å². The molecule has 0 atom stereocenters. The van der Waals surface area contributed by atoms with Gasteiger partial charge < -0.3 is 10.2 Å². The van der Waals surface area contributed by atoms with E-state index in [-0.39, 0.29) is 11.7 Å². The van der Waals surface area contributed by atoms with Gasteiger partial charge in [-0.1, -0.05) is 12.1 Å². The number of carbonyl (C=O) groups excluding carboxylic acids is 1. The maximum absolute atomic E-state index is 13.5. The van der Waals surface area contributed by atoms with Crippen LogP contribution in [0.2, 0.25) is 0 Å². The Morgan fingerprint density at radius 1 is 1.23 bits per heavy atom. The molecule has 22 heavy (non-hydrogen) atoms. The van der Waals surface area contributed by atoms with Crippen molar-refractivity contribution in [3.05, 3.63) is 65.6 Å². The molecule has 1 aliphatic rings. The highest BCUT2D eigenvalue weighted by Crippen LogP contribution is 2.33. The van der Waals surface area contributed by atoms with E-state index in [2.05, 4.69) is 11.4 Å². The van der Waals surface area contributed by atoms with E-state index in [1.54, 1.807) is 12.3 Å². The first kappa shape index (κ1) is 14.3. The molecule has 0 saturated carbocycles. The normalized spacial score (nSPS) is 14.9. The van der Waals surface area contributed by atoms with Gasteiger partial charge in [-0.15, -0.1) is 0 Å². The van der Waals surface area contributed by atoms with Crippen molar-refractivity contribution in [1.82, 2.24) is 0 Å². The maximum Gasteiger partial charge on any atom is 0.257 e. The average molecular weight is 296 g/mol. The van der Waals surface area contributed by atoms with Crippen molar-refractivity contribution in [2.45, 2.75) is 13.8 Å². The zero-order chi connectivity index (χ0) is 15.7. The van der Waals surface area contributed by atoms with Crippen molar-refractivity contribution in [1.29, 1.82) is 0 Å². The van der Waals surface area contributed by atoms with Crippen LogP contribution in [0.25, 0.3) is 5.57 Å². The van der Waals surface area contributed by atoms with Crippen LogP contribution in [0, 0.1) is 12.7 Å². The van der Waals surface area contributed by atoms with Crippen LogP contribution in [0.5, 0.6) is 0 Å². The van der Waals surface area contributed by atoms with E-state index in [0.29, 0.717) is 23.4 Å². The minimum Gasteiger partial charge on any atom is -0.347 e. The summed E-state index contributed by atoms with van der Waals surface area (Å²) >= 11 is 0. The molecule has 1 amide bonds. The van der Waals surface area contributed by atoms with Crippen LogP contribution in [0.3, 0.4) is 0 Å². The Bertz CT molecular complexity index is 767. The summed E-state index contributed by atoms with van der Waals surface area (Å²) < 4.78 is 13.5. The third-order valence-corrected chi connectivity index (χ3v) is 3.72. The van der Waals surface area contributed by atoms with Gasteiger partial charge in [0.2, 0.25) is 0 Å². The quantitative estimate of drug-likeness (QED) is 0.870. The lowest BCUT2D eigenvalue weighted by Gasteiger charge is -2.19. The lowest BCUT2D eigenvalue weighted by atomic mass is 10.1. The van der Waals surface area contributed by atoms with Gasteiger partial charge in [0, 0.05) is 29.7 Å². The standard InChI is InChI=1S/C18H17FN2O/c1-3-21(14-6-4-5-12(2)9-14)11-16-15-10-13(19)7-8-17(15)20-18(16)22/h4-11H,3H2,1-2H3,(H,20,22)/b16-11+. The fourth-order valence-corrected chi connectivity index (χ4v) is 2.60. The van der Waals surface area contributed by atoms with Gasteiger partial charge in [-0.25, -0.2) is 4.39 Å². The van der Waals surface area contributed by atoms with Crippen molar-refractivity contribution in [3.63, 3.8) is 0 Å². The van der Waals surface area contributed by atoms with Crippen molar-refractivity contribution in [2.75, 3.05) is 16.8 Å². The summed E-state index contributed by atoms with van der Waals surface area (Å²) in [5.74, 6) is -0.550. The van der Waals surface area contributed by atoms with Gasteiger partial charge in [0.15, 0.2) is 0 Å². The predicted molar refractivity (Wildman–Crippen MR) is 87.2 cm³/mol. The van der Waals surface area contributed by atoms with Gasteiger partial charge in [0.1, 0.15) is 5.82 Å². The number of nitrogens with one attached hydrogen (secondary N) is 1. The molecular weight excluding hydrogens is 279 g/mol. The van der Waals surface area contributed by atoms with E-state index >= 15 is 0 Å². The number of nitrogens with zero attached hydrogens (tertiary/aromatic N) is 1. The lowest BCUT2D eigenvalue weighted by Crippen LogP contribution is -2.17. The first-order valence-corrected chi connectivity index (χ1v) is 7.25. The molecule has 1 aliphatic heterocycles. The van der Waals surface area contributed by atoms with Crippen LogP contribution >= 0.6 is 0 Å². The smallest absolute Gasteiger partial charge is 0.257 e. The Morgan fingerprint density at radius 2 is 2.05 bits per heavy atom. The molecule has 0 bridgehead atoms. The number of amides is 1. The number of halogens is 1. The van der Waals surface area contributed by atoms with Crippen molar-refractivity contribution < 1.29 is 9.18 Å². The number of aryl methyl sites for hydroxylation is 1. The van der Waals surface area contributed by atoms with Gasteiger partial charge in [-0.2, -0.15) is 0 Å². The molecule has 0 unspecified atom stereocenters. The minimum absolute atomic E-state index is 0.202. The molecule has 0 radical (unpaired) electrons. The molecule has 0 saturated heterocycles. The molecule has 0 aromatic heterocycles. The Morgan fingerprint density at radius 3 is 2.77 bits per heavy atom. The van der Waals surface area contributed by atoms with Gasteiger partial charge in [0.25, 0.3) is 5.91 Å². The van der Waals surface area contributed by atoms with E-state index in [1.807, 2.05) is 36.9 Å². The Hall–Kier alpha value is -2.62. The number of carbonyl (C=O) groups is 1. The first-order chi connectivity index (χ1) is 10.6. The molecule has 2 aromatic carbocycles. The van der Waals surface area contributed by atoms with E-state index < -0.39 is 0 Å². The molecule has 0 fully saturated rings. The van der Waals surface area contributed by atoms with Crippen LogP contribution in [-0.2, 0) is 4.79 Å². The van der Waals surface area contributed by atoms with Gasteiger partial charge in [-0.05, 0) is 49.7 Å². The van der Waals surface area contributed by atoms with Crippen molar-refractivity contribution in [2.24, 2.45) is 0 Å². The minimum atomic E-state index is -0.347. The van der Waals surface area contributed by atoms with Crippen LogP contribution in [0.15, 0.2) is 48.7 Å². The number of hydrogen-bond acceptors (Lipinski definition) is 2. The second kappa shape index (κ2) is 5.64. The number of anilines is 2. The highest BCUT2D eigenvalue weighted by atomic mass is 19.1. The first-order valence-electron chi connectivity index (χ1n) is 7.25. The third-order valence-electron chi connectivity index (χ3n) is 3.72. The van der Waals surface area contributed by atoms with Gasteiger partial charge in [0.05, 0.1) is 5.57 Å². The summed E-state index contributed by atoms with van der Waals surface area (Å²) in [6.45, 7) is 4.75. The van der Waals surface area contributed by atoms with Crippen LogP contribution in [0.1, 0.15) is 18.1 Å². The highest BCUT2D eigenvalue weighted by Gasteiger charge is 2.25. The molecule has 4 heteroatoms. The Balaban J connectivity index is 2.04. The van der Waals surface area contributed by atoms with Gasteiger partial charge >= 0.3 is 0 Å². The number of hydrogen-bond donors (Lipinski definition) is 1. The molecule has 3 nitrogen and oxygen atoms in total. The molecule has 0 spiro atoms. The van der Waals surface area contributed by atoms with Crippen molar-refractivity contribution in [3.8, 4) is 0 Å². The summed E-state index contributed by atoms with van der Waals surface area (Å²) in [7, 11) is 0. The second-order valence-electron chi connectivity index (χ2n) is 5.31. The van der Waals surface area contributed by atoms with Crippen LogP contribution < -0.4 is 10.2 Å². The highest BCUT2D eigenvalue weighted by molar-refractivity contribution is 6.31. The molecular formula is C18H17FN2O. The van der Waals surface area contributed by atoms with E-state index in [1.165, 1.54) is 12.1 Å². The number of benzene rings is 2. The summed E-state index contributed by atoms with van der Waals surface area (Å²) in [5.41, 5.74) is 3.90. The Kier molecular flexibility index (Phi) is 3.67. The van der Waals surface area contributed by atoms with Gasteiger partial charge in [-0.3, -0.25) is 4.79 Å². The largest absolute Gasteiger partial charge is 0.347 e. The maximum atomic E-state index is 13.5. The second-order valence-corrected chi connectivity index (χ2v) is 5.31. The fraction of sp³-hybridized carbons (Fsp3) is 0.167. The third kappa shape index (κ3) is 2.60. The zero-order valence-electron chi connectivity index (χ0n) is 12.6. The number of fused-ring (bicyclic) bond motifs is 1. The molecule has 2 aromatic rings. The summed E-state index contributed by atoms with van der Waals surface area (Å²) in [5, 5.41) is 2.77. The number of rotatable bonds is 3. The zero-order valence-corrected chi connectivity index (χ0v) is 12.6. The summed E-state index contributed by atoms with van der Waals surface area (Å²) in [6.07, 6.45) is 1.79. The van der Waals surface area contributed by atoms with Crippen LogP contribution in [-0.4, -0.2) is 12.5 Å². The summed E-state index contributed by atoms with van der Waals surface area (Å²) in [4.78, 5) is 14.2. The molecule has 1 heterocycles. The molecule has 0 aliphatic carbocycles. The van der Waals surface area contributed by atoms with E-state index in [4.69, 9.17) is 0 Å². The summed E-state index contributed by atoms with van der Waals surface area (Å²) in [6, 6.07) is 12.4. The SMILES string of the molecule is CCN(/C=C1/C(=O)Nc2ccc(F)cc21)c1cccc(C)c1. The monoisotopic (exact) mass is 296 g/mol. The average Bonchev–Trinajstić information content (AvgIpc) is 2.80. The topological polar surface area (TPSA) is 32.3 Å². The Labute approximate surface area is 129 Å². The predicted octanol–water partition coefficient (Wildman–Crippen LogP) is 3.95. The lowest BCUT2D eigenvalue weighted by molar-refractivity contribution is -0.110. The molecule has 1 N–H and O–H groups in total. The van der Waals surface area contributed by atoms with E-state index in [9.17, 15) is 9.18 Å². The fourth-order valence-electron chi connectivity index (χ4n) is 2.60. The van der Waals surface area contributed by atoms with E-state index in [0.717, 1.165) is 11.3 Å².